The summed E-state index contributed by atoms with van der Waals surface area (Å²) in [6.07, 6.45) is 1.50. The first kappa shape index (κ1) is 16.1. The Morgan fingerprint density at radius 2 is 2.00 bits per heavy atom. The second-order valence-electron chi connectivity index (χ2n) is 7.00. The Balaban J connectivity index is 1.35. The van der Waals surface area contributed by atoms with E-state index in [1.807, 2.05) is 30.3 Å². The summed E-state index contributed by atoms with van der Waals surface area (Å²) in [5.74, 6) is 0.385. The van der Waals surface area contributed by atoms with Crippen molar-refractivity contribution in [3.63, 3.8) is 0 Å². The summed E-state index contributed by atoms with van der Waals surface area (Å²) in [5, 5.41) is 10.9. The number of hydrogen-bond donors (Lipinski definition) is 1. The Hall–Kier alpha value is -2.44. The van der Waals surface area contributed by atoms with Crippen LogP contribution in [0.4, 0.5) is 10.4 Å². The number of aromatic nitrogens is 2. The van der Waals surface area contributed by atoms with E-state index in [0.29, 0.717) is 25.4 Å². The van der Waals surface area contributed by atoms with Crippen LogP contribution in [-0.4, -0.2) is 46.3 Å². The van der Waals surface area contributed by atoms with Gasteiger partial charge in [0.15, 0.2) is 0 Å². The van der Waals surface area contributed by atoms with Crippen LogP contribution in [0.1, 0.15) is 26.2 Å². The highest BCUT2D eigenvalue weighted by Gasteiger charge is 2.56. The number of nitrogens with zero attached hydrogens (tertiary/aromatic N) is 3. The monoisotopic (exact) mass is 344 g/mol. The lowest BCUT2D eigenvalue weighted by Crippen LogP contribution is -2.46. The lowest BCUT2D eigenvalue weighted by atomic mass is 9.93. The van der Waals surface area contributed by atoms with E-state index in [2.05, 4.69) is 15.5 Å². The predicted molar refractivity (Wildman–Crippen MR) is 90.6 cm³/mol. The predicted octanol–water partition coefficient (Wildman–Crippen LogP) is 2.89. The number of alkyl halides is 1. The molecule has 132 valence electrons. The fourth-order valence-corrected chi connectivity index (χ4v) is 3.49. The summed E-state index contributed by atoms with van der Waals surface area (Å²) in [4.78, 5) is 14.4. The number of hydrogen-bond acceptors (Lipinski definition) is 5. The zero-order valence-corrected chi connectivity index (χ0v) is 14.1. The van der Waals surface area contributed by atoms with E-state index in [1.54, 1.807) is 11.8 Å². The number of likely N-dealkylation sites (tertiary alicyclic amines) is 1. The first-order chi connectivity index (χ1) is 12.1. The molecule has 2 aromatic rings. The minimum absolute atomic E-state index is 0.0228. The van der Waals surface area contributed by atoms with Crippen molar-refractivity contribution in [3.05, 3.63) is 30.3 Å². The smallest absolute Gasteiger partial charge is 0.316 e. The Bertz CT molecular complexity index is 755. The molecule has 1 aromatic carbocycles. The molecular weight excluding hydrogens is 323 g/mol. The molecule has 7 heteroatoms. The Kier molecular flexibility index (Phi) is 3.94. The van der Waals surface area contributed by atoms with Crippen molar-refractivity contribution in [2.75, 3.05) is 18.4 Å². The topological polar surface area (TPSA) is 71.3 Å². The summed E-state index contributed by atoms with van der Waals surface area (Å²) >= 11 is 0. The average Bonchev–Trinajstić information content (AvgIpc) is 3.05. The number of halogens is 1. The summed E-state index contributed by atoms with van der Waals surface area (Å²) < 4.78 is 19.0. The van der Waals surface area contributed by atoms with Gasteiger partial charge in [-0.2, -0.15) is 0 Å². The van der Waals surface area contributed by atoms with Gasteiger partial charge in [-0.3, -0.25) is 4.79 Å². The van der Waals surface area contributed by atoms with Gasteiger partial charge in [-0.1, -0.05) is 23.3 Å². The highest BCUT2D eigenvalue weighted by Crippen LogP contribution is 2.55. The minimum atomic E-state index is -0.671. The maximum absolute atomic E-state index is 13.4. The van der Waals surface area contributed by atoms with Gasteiger partial charge in [0.05, 0.1) is 0 Å². The molecule has 2 aliphatic rings. The van der Waals surface area contributed by atoms with Gasteiger partial charge in [-0.05, 0) is 38.3 Å². The largest absolute Gasteiger partial charge is 0.403 e. The first-order valence-corrected chi connectivity index (χ1v) is 8.66. The van der Waals surface area contributed by atoms with E-state index in [9.17, 15) is 9.18 Å². The molecule has 0 radical (unpaired) electrons. The van der Waals surface area contributed by atoms with Gasteiger partial charge in [0.1, 0.15) is 12.2 Å². The van der Waals surface area contributed by atoms with Crippen LogP contribution in [0.5, 0.6) is 0 Å². The van der Waals surface area contributed by atoms with Crippen LogP contribution in [0, 0.1) is 5.41 Å². The third-order valence-corrected chi connectivity index (χ3v) is 5.32. The van der Waals surface area contributed by atoms with E-state index >= 15 is 0 Å². The zero-order chi connectivity index (χ0) is 17.4. The first-order valence-electron chi connectivity index (χ1n) is 8.66. The zero-order valence-electron chi connectivity index (χ0n) is 14.1. The maximum atomic E-state index is 13.4. The quantitative estimate of drug-likeness (QED) is 0.923. The van der Waals surface area contributed by atoms with Crippen LogP contribution in [0.25, 0.3) is 11.5 Å². The molecule has 1 N–H and O–H groups in total. The molecular formula is C18H21FN4O2. The number of nitrogens with one attached hydrogen (secondary N) is 1. The number of amides is 1. The van der Waals surface area contributed by atoms with Crippen molar-refractivity contribution in [3.8, 4) is 11.5 Å². The van der Waals surface area contributed by atoms with Crippen LogP contribution in [-0.2, 0) is 4.79 Å². The van der Waals surface area contributed by atoms with Gasteiger partial charge in [0.2, 0.25) is 11.8 Å². The minimum Gasteiger partial charge on any atom is -0.403 e. The van der Waals surface area contributed by atoms with Gasteiger partial charge in [0, 0.05) is 24.1 Å². The van der Waals surface area contributed by atoms with Crippen LogP contribution < -0.4 is 5.32 Å². The third kappa shape index (κ3) is 3.10. The molecule has 25 heavy (non-hydrogen) atoms. The number of carbonyl (C=O) groups excluding carboxylic acids is 1. The highest BCUT2D eigenvalue weighted by atomic mass is 19.1. The fourth-order valence-electron chi connectivity index (χ4n) is 3.49. The van der Waals surface area contributed by atoms with Crippen LogP contribution >= 0.6 is 0 Å². The van der Waals surface area contributed by atoms with Crippen molar-refractivity contribution < 1.29 is 13.6 Å². The standard InChI is InChI=1S/C18H21FN4O2/c1-12(16(24)23-9-7-18(8-10-23)11-14(18)19)20-17-22-21-15(25-17)13-5-3-2-4-6-13/h2-6,12,14H,7-11H2,1H3,(H,20,22)/t12-,14+/m1/s1. The van der Waals surface area contributed by atoms with E-state index < -0.39 is 12.2 Å². The molecule has 1 saturated heterocycles. The highest BCUT2D eigenvalue weighted by molar-refractivity contribution is 5.83. The number of carbonyl (C=O) groups is 1. The number of benzene rings is 1. The molecule has 2 fully saturated rings. The molecule has 1 spiro atoms. The Morgan fingerprint density at radius 1 is 1.32 bits per heavy atom. The molecule has 0 unspecified atom stereocenters. The molecule has 2 heterocycles. The molecule has 2 atom stereocenters. The summed E-state index contributed by atoms with van der Waals surface area (Å²) in [6, 6.07) is 9.21. The molecule has 4 rings (SSSR count). The van der Waals surface area contributed by atoms with Crippen LogP contribution in [0.2, 0.25) is 0 Å². The molecule has 1 aliphatic heterocycles. The number of rotatable bonds is 4. The molecule has 1 amide bonds. The maximum Gasteiger partial charge on any atom is 0.316 e. The van der Waals surface area contributed by atoms with E-state index in [1.165, 1.54) is 0 Å². The SMILES string of the molecule is C[C@@H](Nc1nnc(-c2ccccc2)o1)C(=O)N1CCC2(CC1)C[C@@H]2F. The van der Waals surface area contributed by atoms with Crippen LogP contribution in [0.15, 0.2) is 34.7 Å². The van der Waals surface area contributed by atoms with Crippen molar-refractivity contribution in [2.45, 2.75) is 38.4 Å². The van der Waals surface area contributed by atoms with E-state index in [0.717, 1.165) is 18.4 Å². The lowest BCUT2D eigenvalue weighted by molar-refractivity contribution is -0.133. The van der Waals surface area contributed by atoms with Crippen molar-refractivity contribution in [2.24, 2.45) is 5.41 Å². The second-order valence-corrected chi connectivity index (χ2v) is 7.00. The summed E-state index contributed by atoms with van der Waals surface area (Å²) in [6.45, 7) is 3.00. The molecule has 1 aromatic heterocycles. The molecule has 6 nitrogen and oxygen atoms in total. The van der Waals surface area contributed by atoms with Crippen LogP contribution in [0.3, 0.4) is 0 Å². The summed E-state index contributed by atoms with van der Waals surface area (Å²) in [7, 11) is 0. The molecule has 1 aliphatic carbocycles. The summed E-state index contributed by atoms with van der Waals surface area (Å²) in [5.41, 5.74) is 0.693. The fraction of sp³-hybridized carbons (Fsp3) is 0.500. The van der Waals surface area contributed by atoms with Gasteiger partial charge >= 0.3 is 6.01 Å². The van der Waals surface area contributed by atoms with E-state index in [4.69, 9.17) is 4.42 Å². The average molecular weight is 344 g/mol. The van der Waals surface area contributed by atoms with Crippen molar-refractivity contribution in [1.82, 2.24) is 15.1 Å². The van der Waals surface area contributed by atoms with Gasteiger partial charge in [0.25, 0.3) is 0 Å². The van der Waals surface area contributed by atoms with E-state index in [-0.39, 0.29) is 17.3 Å². The van der Waals surface area contributed by atoms with Crippen molar-refractivity contribution in [1.29, 1.82) is 0 Å². The van der Waals surface area contributed by atoms with Gasteiger partial charge < -0.3 is 14.6 Å². The second kappa shape index (κ2) is 6.13. The lowest BCUT2D eigenvalue weighted by Gasteiger charge is -2.33. The number of piperidine rings is 1. The van der Waals surface area contributed by atoms with Gasteiger partial charge in [-0.15, -0.1) is 5.10 Å². The Morgan fingerprint density at radius 3 is 2.64 bits per heavy atom. The Labute approximate surface area is 145 Å². The third-order valence-electron chi connectivity index (χ3n) is 5.32. The number of anilines is 1. The van der Waals surface area contributed by atoms with Crippen molar-refractivity contribution >= 4 is 11.9 Å². The van der Waals surface area contributed by atoms with Gasteiger partial charge in [-0.25, -0.2) is 4.39 Å². The normalized spacial score (nSPS) is 22.6. The molecule has 0 bridgehead atoms. The molecule has 1 saturated carbocycles.